The van der Waals surface area contributed by atoms with E-state index in [0.29, 0.717) is 0 Å². The number of nitrogens with zero attached hydrogens (tertiary/aromatic N) is 2. The number of hydrogen-bond donors (Lipinski definition) is 2. The first-order chi connectivity index (χ1) is 10.2. The lowest BCUT2D eigenvalue weighted by atomic mass is 9.87. The summed E-state index contributed by atoms with van der Waals surface area (Å²) < 4.78 is 1.80. The molecule has 1 fully saturated rings. The number of carbonyl (C=O) groups is 1. The van der Waals surface area contributed by atoms with Crippen molar-refractivity contribution in [1.29, 1.82) is 0 Å². The molecule has 0 unspecified atom stereocenters. The normalized spacial score (nSPS) is 16.6. The van der Waals surface area contributed by atoms with Gasteiger partial charge in [-0.05, 0) is 56.6 Å². The SMILES string of the molecule is Cc1cccc(NC(=O)C2(n3cccn3)CCNCC2)c1.Cl. The van der Waals surface area contributed by atoms with Crippen LogP contribution in [0.1, 0.15) is 18.4 Å². The lowest BCUT2D eigenvalue weighted by molar-refractivity contribution is -0.126. The van der Waals surface area contributed by atoms with Crippen LogP contribution in [0.25, 0.3) is 0 Å². The molecule has 5 nitrogen and oxygen atoms in total. The predicted octanol–water partition coefficient (Wildman–Crippen LogP) is 2.33. The molecule has 0 radical (unpaired) electrons. The van der Waals surface area contributed by atoms with Gasteiger partial charge in [-0.25, -0.2) is 0 Å². The number of nitrogens with one attached hydrogen (secondary N) is 2. The van der Waals surface area contributed by atoms with Gasteiger partial charge in [0.25, 0.3) is 5.91 Å². The lowest BCUT2D eigenvalue weighted by Gasteiger charge is -2.36. The van der Waals surface area contributed by atoms with Gasteiger partial charge in [-0.3, -0.25) is 9.48 Å². The van der Waals surface area contributed by atoms with E-state index in [1.54, 1.807) is 10.9 Å². The summed E-state index contributed by atoms with van der Waals surface area (Å²) in [4.78, 5) is 12.9. The molecule has 22 heavy (non-hydrogen) atoms. The van der Waals surface area contributed by atoms with E-state index in [9.17, 15) is 4.79 Å². The summed E-state index contributed by atoms with van der Waals surface area (Å²) in [6.45, 7) is 3.66. The largest absolute Gasteiger partial charge is 0.324 e. The average molecular weight is 321 g/mol. The Kier molecular flexibility index (Phi) is 5.21. The van der Waals surface area contributed by atoms with Gasteiger partial charge in [0.05, 0.1) is 0 Å². The topological polar surface area (TPSA) is 59.0 Å². The minimum atomic E-state index is -0.599. The second kappa shape index (κ2) is 6.94. The molecule has 1 aromatic carbocycles. The molecule has 118 valence electrons. The van der Waals surface area contributed by atoms with Gasteiger partial charge in [-0.15, -0.1) is 12.4 Å². The summed E-state index contributed by atoms with van der Waals surface area (Å²) in [5.74, 6) is 0.0123. The Balaban J connectivity index is 0.00000176. The van der Waals surface area contributed by atoms with E-state index in [-0.39, 0.29) is 18.3 Å². The third-order valence-corrected chi connectivity index (χ3v) is 4.07. The Morgan fingerprint density at radius 3 is 2.73 bits per heavy atom. The molecule has 2 aromatic rings. The molecule has 1 aliphatic rings. The Bertz CT molecular complexity index is 621. The quantitative estimate of drug-likeness (QED) is 0.912. The second-order valence-corrected chi connectivity index (χ2v) is 5.56. The van der Waals surface area contributed by atoms with Gasteiger partial charge in [0.15, 0.2) is 0 Å². The van der Waals surface area contributed by atoms with Crippen molar-refractivity contribution >= 4 is 24.0 Å². The number of benzene rings is 1. The van der Waals surface area contributed by atoms with Gasteiger partial charge in [-0.1, -0.05) is 12.1 Å². The van der Waals surface area contributed by atoms with E-state index in [1.807, 2.05) is 43.5 Å². The maximum absolute atomic E-state index is 12.9. The van der Waals surface area contributed by atoms with Crippen LogP contribution in [-0.4, -0.2) is 28.8 Å². The first-order valence-corrected chi connectivity index (χ1v) is 7.30. The fraction of sp³-hybridized carbons (Fsp3) is 0.375. The highest BCUT2D eigenvalue weighted by Crippen LogP contribution is 2.28. The third kappa shape index (κ3) is 3.15. The number of aromatic nitrogens is 2. The van der Waals surface area contributed by atoms with Crippen LogP contribution in [0.4, 0.5) is 5.69 Å². The molecule has 6 heteroatoms. The highest BCUT2D eigenvalue weighted by atomic mass is 35.5. The Morgan fingerprint density at radius 2 is 2.09 bits per heavy atom. The predicted molar refractivity (Wildman–Crippen MR) is 89.4 cm³/mol. The highest BCUT2D eigenvalue weighted by Gasteiger charge is 2.41. The number of piperidine rings is 1. The van der Waals surface area contributed by atoms with Crippen LogP contribution < -0.4 is 10.6 Å². The zero-order valence-corrected chi connectivity index (χ0v) is 13.4. The molecule has 2 N–H and O–H groups in total. The van der Waals surface area contributed by atoms with Gasteiger partial charge < -0.3 is 10.6 Å². The van der Waals surface area contributed by atoms with Crippen molar-refractivity contribution in [2.24, 2.45) is 0 Å². The molecular weight excluding hydrogens is 300 g/mol. The summed E-state index contributed by atoms with van der Waals surface area (Å²) in [6, 6.07) is 9.74. The molecule has 0 aliphatic carbocycles. The molecule has 0 atom stereocenters. The number of hydrogen-bond acceptors (Lipinski definition) is 3. The van der Waals surface area contributed by atoms with Crippen molar-refractivity contribution in [2.45, 2.75) is 25.3 Å². The van der Waals surface area contributed by atoms with Crippen LogP contribution in [0.15, 0.2) is 42.7 Å². The van der Waals surface area contributed by atoms with Crippen molar-refractivity contribution in [3.05, 3.63) is 48.3 Å². The first-order valence-electron chi connectivity index (χ1n) is 7.30. The highest BCUT2D eigenvalue weighted by molar-refractivity contribution is 5.96. The minimum absolute atomic E-state index is 0. The van der Waals surface area contributed by atoms with E-state index in [2.05, 4.69) is 15.7 Å². The maximum Gasteiger partial charge on any atom is 0.252 e. The van der Waals surface area contributed by atoms with Crippen molar-refractivity contribution in [1.82, 2.24) is 15.1 Å². The summed E-state index contributed by atoms with van der Waals surface area (Å²) in [5, 5.41) is 10.7. The Morgan fingerprint density at radius 1 is 1.32 bits per heavy atom. The van der Waals surface area contributed by atoms with Crippen molar-refractivity contribution in [3.63, 3.8) is 0 Å². The van der Waals surface area contributed by atoms with Crippen molar-refractivity contribution < 1.29 is 4.79 Å². The summed E-state index contributed by atoms with van der Waals surface area (Å²) in [5.41, 5.74) is 1.37. The monoisotopic (exact) mass is 320 g/mol. The van der Waals surface area contributed by atoms with Crippen LogP contribution in [0.2, 0.25) is 0 Å². The summed E-state index contributed by atoms with van der Waals surface area (Å²) in [6.07, 6.45) is 5.09. The van der Waals surface area contributed by atoms with Gasteiger partial charge in [0.2, 0.25) is 0 Å². The number of aryl methyl sites for hydroxylation is 1. The van der Waals surface area contributed by atoms with E-state index in [0.717, 1.165) is 37.2 Å². The summed E-state index contributed by atoms with van der Waals surface area (Å²) >= 11 is 0. The number of anilines is 1. The van der Waals surface area contributed by atoms with Crippen LogP contribution in [-0.2, 0) is 10.3 Å². The molecule has 3 rings (SSSR count). The molecule has 1 aliphatic heterocycles. The average Bonchev–Trinajstić information content (AvgIpc) is 3.02. The van der Waals surface area contributed by atoms with Crippen LogP contribution in [0, 0.1) is 6.92 Å². The molecule has 2 heterocycles. The maximum atomic E-state index is 12.9. The van der Waals surface area contributed by atoms with Gasteiger partial charge >= 0.3 is 0 Å². The van der Waals surface area contributed by atoms with Crippen LogP contribution >= 0.6 is 12.4 Å². The van der Waals surface area contributed by atoms with Gasteiger partial charge in [0.1, 0.15) is 5.54 Å². The second-order valence-electron chi connectivity index (χ2n) is 5.56. The number of amides is 1. The molecule has 1 saturated heterocycles. The number of carbonyl (C=O) groups excluding carboxylic acids is 1. The van der Waals surface area contributed by atoms with E-state index >= 15 is 0 Å². The smallest absolute Gasteiger partial charge is 0.252 e. The standard InChI is InChI=1S/C16H20N4O.ClH/c1-13-4-2-5-14(12-13)19-15(21)16(6-9-17-10-7-16)20-11-3-8-18-20;/h2-5,8,11-12,17H,6-7,9-10H2,1H3,(H,19,21);1H. The minimum Gasteiger partial charge on any atom is -0.324 e. The molecule has 0 bridgehead atoms. The van der Waals surface area contributed by atoms with Gasteiger partial charge in [0, 0.05) is 18.1 Å². The molecular formula is C16H21ClN4O. The number of rotatable bonds is 3. The van der Waals surface area contributed by atoms with E-state index < -0.39 is 5.54 Å². The van der Waals surface area contributed by atoms with Crippen LogP contribution in [0.5, 0.6) is 0 Å². The first kappa shape index (κ1) is 16.5. The zero-order chi connectivity index (χ0) is 14.7. The molecule has 1 aromatic heterocycles. The van der Waals surface area contributed by atoms with Crippen molar-refractivity contribution in [3.8, 4) is 0 Å². The Labute approximate surface area is 136 Å². The fourth-order valence-electron chi connectivity index (χ4n) is 2.89. The number of halogens is 1. The molecule has 1 amide bonds. The molecule has 0 saturated carbocycles. The fourth-order valence-corrected chi connectivity index (χ4v) is 2.89. The van der Waals surface area contributed by atoms with E-state index in [1.165, 1.54) is 0 Å². The third-order valence-electron chi connectivity index (χ3n) is 4.07. The zero-order valence-electron chi connectivity index (χ0n) is 12.6. The van der Waals surface area contributed by atoms with Crippen LogP contribution in [0.3, 0.4) is 0 Å². The Hall–Kier alpha value is -1.85. The van der Waals surface area contributed by atoms with Gasteiger partial charge in [-0.2, -0.15) is 5.10 Å². The van der Waals surface area contributed by atoms with Crippen molar-refractivity contribution in [2.75, 3.05) is 18.4 Å². The molecule has 0 spiro atoms. The van der Waals surface area contributed by atoms with E-state index in [4.69, 9.17) is 0 Å². The summed E-state index contributed by atoms with van der Waals surface area (Å²) in [7, 11) is 0. The lowest BCUT2D eigenvalue weighted by Crippen LogP contribution is -2.52.